The molecular weight excluding hydrogens is 1920 g/mol. The standard InChI is InChI=1S/C25H24N2.C23H24N2O.C22H18N2S2.C20H22N2O.C14H20N2O3.C13H17FN2O5S.2ClH/c1-3-8-18(9-4-1)17-26-24-13-7-12-21-22-16-20(19-10-5-2-6-11-19)14-15-23(22)27-25(21)24;26-22-14-8-7-13-21(22)23-24(17-19-9-3-1-4-10-19)15-16-25(23)18-20-11-5-2-6-12-20;1-3-10-21-19(8-1)23(15-25-21)13-17-6-5-7-18(12-17)14-24-16-26-22-11-4-2-9-20(22)24;23-12-11-21-19-8-4-7-16-17-13-15(14-5-2-1-3-6-14)9-10-18(17)22-20(16)19;1-15-5-7-16(8-6-15)10-11-3-4-13(17)12(9-11)14(18)19-2;14-12-3-2-11(10-13(12)16(17)18)22(19,20)9-1-4-15-5-7-21-8-6-15;;/h1-6,8-11,14-16,24,26-27H,7,12-13,17H2;1-14,23,26H,15-18H2;1-12,15-16H,13-14H2;1-3,5-6,9-10,13,19,21-23H,4,7-8,11-12H2;3-4,9,17H,5-8,10H2,1-2H3;2-3,10H,1,4-9H2;2*1H/q;;+2;;;;;/p+2. The molecule has 0 radical (unpaired) electrons. The second kappa shape index (κ2) is 52.4. The fraction of sp³-hybridized carbons (Fsp3) is 0.274. The Balaban J connectivity index is 0.000000131. The van der Waals surface area contributed by atoms with Crippen molar-refractivity contribution in [3.05, 3.63) is 415 Å². The van der Waals surface area contributed by atoms with E-state index in [-0.39, 0.29) is 59.5 Å². The molecule has 10 N–H and O–H groups in total. The molecule has 22 rings (SSSR count). The number of aliphatic hydroxyl groups is 1. The summed E-state index contributed by atoms with van der Waals surface area (Å²) in [5.74, 6) is -1.29. The van der Waals surface area contributed by atoms with Crippen LogP contribution in [0.15, 0.2) is 337 Å². The van der Waals surface area contributed by atoms with Crippen LogP contribution >= 0.6 is 35.1 Å². The number of halogens is 3. The molecule has 3 aliphatic heterocycles. The van der Waals surface area contributed by atoms with Gasteiger partial charge in [0.25, 0.3) is 0 Å². The molecule has 4 aromatic heterocycles. The number of hydrogen-bond acceptors (Lipinski definition) is 16. The number of hydrogen-bond donors (Lipinski definition) is 10. The first kappa shape index (κ1) is 107. The zero-order chi connectivity index (χ0) is 98.8. The molecular formula is C117H129Cl2FN12O10S3+4. The molecule has 3 fully saturated rings. The third-order valence-corrected chi connectivity index (χ3v) is 31.3. The fourth-order valence-electron chi connectivity index (χ4n) is 20.1. The normalized spacial score (nSPS) is 16.3. The molecule has 22 nitrogen and oxygen atoms in total. The first-order valence-corrected chi connectivity index (χ1v) is 53.1. The minimum atomic E-state index is -3.65. The van der Waals surface area contributed by atoms with Crippen LogP contribution in [-0.4, -0.2) is 160 Å². The number of esters is 1. The lowest BCUT2D eigenvalue weighted by Gasteiger charge is -2.31. The van der Waals surface area contributed by atoms with Crippen LogP contribution in [0.5, 0.6) is 11.5 Å². The molecule has 2 atom stereocenters. The zero-order valence-electron chi connectivity index (χ0n) is 81.9. The van der Waals surface area contributed by atoms with E-state index in [0.29, 0.717) is 50.6 Å². The predicted octanol–water partition coefficient (Wildman–Crippen LogP) is 14.3. The Bertz CT molecular complexity index is 7040. The van der Waals surface area contributed by atoms with Crippen molar-refractivity contribution < 1.29 is 83.6 Å². The van der Waals surface area contributed by atoms with Gasteiger partial charge < -0.3 is 72.5 Å². The van der Waals surface area contributed by atoms with E-state index in [1.807, 2.05) is 24.3 Å². The number of nitrogens with one attached hydrogen (secondary N) is 7. The number of thiazole rings is 2. The number of quaternary nitrogens is 3. The molecule has 17 aromatic rings. The largest absolute Gasteiger partial charge is 1.00 e. The number of H-pyrrole nitrogens is 2. The number of benzene rings is 13. The van der Waals surface area contributed by atoms with Crippen LogP contribution in [0, 0.1) is 15.9 Å². The second-order valence-electron chi connectivity index (χ2n) is 37.4. The molecule has 3 saturated heterocycles. The summed E-state index contributed by atoms with van der Waals surface area (Å²) in [5, 5.41) is 49.9. The van der Waals surface area contributed by atoms with Crippen LogP contribution in [0.1, 0.15) is 122 Å². The summed E-state index contributed by atoms with van der Waals surface area (Å²) in [6.45, 7) is 16.6. The van der Waals surface area contributed by atoms with Gasteiger partial charge in [0, 0.05) is 131 Å². The van der Waals surface area contributed by atoms with E-state index in [2.05, 4.69) is 323 Å². The van der Waals surface area contributed by atoms with Crippen molar-refractivity contribution >= 4 is 98.8 Å². The second-order valence-corrected chi connectivity index (χ2v) is 41.3. The first-order chi connectivity index (χ1) is 69.9. The van der Waals surface area contributed by atoms with Crippen molar-refractivity contribution in [2.75, 3.05) is 105 Å². The summed E-state index contributed by atoms with van der Waals surface area (Å²) in [4.78, 5) is 37.7. The van der Waals surface area contributed by atoms with Gasteiger partial charge in [-0.1, -0.05) is 247 Å². The van der Waals surface area contributed by atoms with Gasteiger partial charge in [-0.15, -0.1) is 12.4 Å². The van der Waals surface area contributed by atoms with E-state index >= 15 is 0 Å². The molecule has 2 aliphatic carbocycles. The topological polar surface area (TPSA) is 257 Å². The van der Waals surface area contributed by atoms with Crippen molar-refractivity contribution in [2.24, 2.45) is 0 Å². The maximum atomic E-state index is 13.3. The maximum absolute atomic E-state index is 13.3. The van der Waals surface area contributed by atoms with Crippen molar-refractivity contribution in [2.45, 2.75) is 107 Å². The number of nitrogens with zero attached hydrogens (tertiary/aromatic N) is 5. The first-order valence-electron chi connectivity index (χ1n) is 49.7. The zero-order valence-corrected chi connectivity index (χ0v) is 85.9. The number of aliphatic hydroxyl groups excluding tert-OH is 1. The number of fused-ring (bicyclic) bond motifs is 8. The lowest BCUT2D eigenvalue weighted by atomic mass is 9.91. The van der Waals surface area contributed by atoms with Crippen molar-refractivity contribution in [3.8, 4) is 33.8 Å². The van der Waals surface area contributed by atoms with Crippen LogP contribution in [-0.2, 0) is 71.4 Å². The van der Waals surface area contributed by atoms with Crippen molar-refractivity contribution in [3.63, 3.8) is 0 Å². The maximum Gasteiger partial charge on any atom is 0.341 e. The Hall–Kier alpha value is -12.7. The molecule has 0 spiro atoms. The minimum Gasteiger partial charge on any atom is -1.00 e. The third kappa shape index (κ3) is 28.1. The monoisotopic (exact) mass is 2050 g/mol. The number of ether oxygens (including phenoxy) is 2. The lowest BCUT2D eigenvalue weighted by molar-refractivity contribution is -1.01. The number of aromatic amines is 2. The molecule has 5 aliphatic rings. The highest BCUT2D eigenvalue weighted by molar-refractivity contribution is 7.91. The number of phenols is 2. The summed E-state index contributed by atoms with van der Waals surface area (Å²) in [6.07, 6.45) is 7.58. The van der Waals surface area contributed by atoms with E-state index in [1.165, 1.54) is 164 Å². The van der Waals surface area contributed by atoms with Gasteiger partial charge >= 0.3 is 11.7 Å². The SMILES string of the molecule is COC(=O)c1cc(C[NH+]2CC[NH+](C)CC2)ccc1O.Cl.O=[N+]([O-])c1cc(S(=O)(=O)CCC[NH+]2CCOCC2)ccc1F.OCCNC1CCCc2c1[nH]c1ccc(-c3ccccc3)cc21.Oc1ccccc1C1N(Cc2ccccc2)CCN1Cc1ccccc1.[Cl-].c1cc(C[n+]2csc3ccccc32)cc(C[n+]2csc3ccccc32)c1.c1ccc(CNC2CCCc3c2[nH]c2ccc(-c4ccccc4)cc32)cc1. The van der Waals surface area contributed by atoms with Crippen LogP contribution in [0.2, 0.25) is 0 Å². The van der Waals surface area contributed by atoms with Gasteiger partial charge in [-0.25, -0.2) is 13.2 Å². The smallest absolute Gasteiger partial charge is 0.341 e. The van der Waals surface area contributed by atoms with Crippen LogP contribution in [0.4, 0.5) is 10.1 Å². The van der Waals surface area contributed by atoms with Gasteiger partial charge in [-0.05, 0) is 167 Å². The van der Waals surface area contributed by atoms with E-state index in [4.69, 9.17) is 9.84 Å². The predicted molar refractivity (Wildman–Crippen MR) is 574 cm³/mol. The Kier molecular flexibility index (Phi) is 38.5. The summed E-state index contributed by atoms with van der Waals surface area (Å²) < 4.78 is 54.9. The number of aromatic nitrogens is 4. The number of nitro groups is 1. The van der Waals surface area contributed by atoms with Gasteiger partial charge in [0.05, 0.1) is 62.3 Å². The third-order valence-electron chi connectivity index (χ3n) is 27.6. The number of methoxy groups -OCH3 is 1. The number of sulfone groups is 1. The Labute approximate surface area is 868 Å². The number of nitro benzene ring substituents is 1. The van der Waals surface area contributed by atoms with Gasteiger partial charge in [-0.2, -0.15) is 13.5 Å². The number of likely N-dealkylation sites (N-methyl/N-ethyl adjacent to an activating group) is 1. The molecule has 752 valence electrons. The van der Waals surface area contributed by atoms with Gasteiger partial charge in [0.2, 0.25) is 27.9 Å². The minimum absolute atomic E-state index is 0. The number of para-hydroxylation sites is 3. The molecule has 145 heavy (non-hydrogen) atoms. The average Bonchev–Trinajstić information content (AvgIpc) is 1.60. The Morgan fingerprint density at radius 1 is 0.545 bits per heavy atom. The number of carbonyl (C=O) groups is 1. The van der Waals surface area contributed by atoms with E-state index in [1.54, 1.807) is 45.8 Å². The molecule has 28 heteroatoms. The average molecular weight is 2050 g/mol. The molecule has 0 saturated carbocycles. The number of aryl methyl sites for hydroxylation is 2. The molecule has 0 amide bonds. The van der Waals surface area contributed by atoms with Crippen LogP contribution in [0.25, 0.3) is 64.5 Å². The van der Waals surface area contributed by atoms with Gasteiger partial charge in [0.1, 0.15) is 72.3 Å². The van der Waals surface area contributed by atoms with E-state index < -0.39 is 32.2 Å². The molecule has 7 heterocycles. The van der Waals surface area contributed by atoms with Gasteiger partial charge in [-0.3, -0.25) is 19.9 Å². The number of piperazine rings is 1. The number of rotatable bonds is 26. The number of carbonyl (C=O) groups excluding carboxylic acids is 1. The number of phenolic OH excluding ortho intramolecular Hbond substituents is 2. The van der Waals surface area contributed by atoms with Crippen molar-refractivity contribution in [1.29, 1.82) is 0 Å². The number of morpholine rings is 1. The summed E-state index contributed by atoms with van der Waals surface area (Å²) in [6, 6.07) is 109. The summed E-state index contributed by atoms with van der Waals surface area (Å²) >= 11 is 3.61. The fourth-order valence-corrected chi connectivity index (χ4v) is 23.2. The summed E-state index contributed by atoms with van der Waals surface area (Å²) in [5.41, 5.74) is 28.4. The quantitative estimate of drug-likeness (QED) is 0.00796. The highest BCUT2D eigenvalue weighted by Gasteiger charge is 2.36. The molecule has 0 bridgehead atoms. The Morgan fingerprint density at radius 2 is 1.04 bits per heavy atom. The molecule has 2 unspecified atom stereocenters. The highest BCUT2D eigenvalue weighted by Crippen LogP contribution is 2.41. The van der Waals surface area contributed by atoms with Crippen LogP contribution in [0.3, 0.4) is 0 Å². The lowest BCUT2D eigenvalue weighted by Crippen LogP contribution is -3.26. The van der Waals surface area contributed by atoms with E-state index in [0.717, 1.165) is 127 Å². The van der Waals surface area contributed by atoms with E-state index in [9.17, 15) is 37.9 Å². The highest BCUT2D eigenvalue weighted by atomic mass is 35.5. The van der Waals surface area contributed by atoms with Crippen LogP contribution < -0.4 is 46.9 Å². The van der Waals surface area contributed by atoms with Gasteiger partial charge in [0.15, 0.2) is 22.9 Å². The van der Waals surface area contributed by atoms with Crippen molar-refractivity contribution in [1.82, 2.24) is 30.4 Å². The molecule has 13 aromatic carbocycles. The number of aromatic hydroxyl groups is 2. The summed E-state index contributed by atoms with van der Waals surface area (Å²) in [7, 11) is -0.112. The Morgan fingerprint density at radius 3 is 1.57 bits per heavy atom.